The van der Waals surface area contributed by atoms with Crippen LogP contribution in [0.1, 0.15) is 13.7 Å². The predicted octanol–water partition coefficient (Wildman–Crippen LogP) is 16.4. The van der Waals surface area contributed by atoms with E-state index in [4.69, 9.17) is 8.22 Å². The molecule has 0 N–H and O–H groups in total. The number of nitrogens with zero attached hydrogens (tertiary/aromatic N) is 2. The first-order chi connectivity index (χ1) is 33.9. The molecule has 2 heteroatoms. The number of hydrogen-bond donors (Lipinski definition) is 0. The number of para-hydroxylation sites is 2. The van der Waals surface area contributed by atoms with Crippen molar-refractivity contribution in [1.29, 1.82) is 0 Å². The number of anilines is 6. The van der Waals surface area contributed by atoms with Crippen molar-refractivity contribution in [3.63, 3.8) is 0 Å². The summed E-state index contributed by atoms with van der Waals surface area (Å²) in [4.78, 5) is 3.42. The Labute approximate surface area is 366 Å². The van der Waals surface area contributed by atoms with Gasteiger partial charge in [-0.2, -0.15) is 0 Å². The maximum Gasteiger partial charge on any atom is 0.0645 e. The molecule has 0 spiro atoms. The number of benzene rings is 10. The van der Waals surface area contributed by atoms with Gasteiger partial charge in [-0.25, -0.2) is 0 Å². The van der Waals surface area contributed by atoms with Crippen molar-refractivity contribution in [3.8, 4) is 44.5 Å². The average molecular weight is 777 g/mol. The van der Waals surface area contributed by atoms with E-state index in [0.717, 1.165) is 44.3 Å². The third-order valence-electron chi connectivity index (χ3n) is 10.6. The molecule has 0 amide bonds. The van der Waals surface area contributed by atoms with E-state index in [1.54, 1.807) is 9.80 Å². The van der Waals surface area contributed by atoms with Crippen molar-refractivity contribution in [3.05, 3.63) is 255 Å². The maximum atomic E-state index is 9.46. The van der Waals surface area contributed by atoms with Gasteiger partial charge in [-0.3, -0.25) is 0 Å². The van der Waals surface area contributed by atoms with E-state index in [1.165, 1.54) is 0 Å². The Bertz CT molecular complexity index is 3540. The van der Waals surface area contributed by atoms with Gasteiger partial charge in [0.1, 0.15) is 0 Å². The summed E-state index contributed by atoms with van der Waals surface area (Å²) in [5, 5.41) is 1.29. The predicted molar refractivity (Wildman–Crippen MR) is 255 cm³/mol. The summed E-state index contributed by atoms with van der Waals surface area (Å²) in [6.07, 6.45) is 0. The molecule has 2 nitrogen and oxygen atoms in total. The van der Waals surface area contributed by atoms with Gasteiger partial charge in [0.15, 0.2) is 0 Å². The van der Waals surface area contributed by atoms with Crippen molar-refractivity contribution < 1.29 is 13.7 Å². The monoisotopic (exact) mass is 776 g/mol. The molecule has 10 aromatic carbocycles. The minimum Gasteiger partial charge on any atom is -0.310 e. The van der Waals surface area contributed by atoms with Crippen LogP contribution in [0.15, 0.2) is 255 Å². The van der Waals surface area contributed by atoms with Gasteiger partial charge < -0.3 is 9.80 Å². The standard InChI is InChI=1S/C58H42N2/c1-7-20-43(21-8-1)46-34-36-53(37-35-46)59(51-29-15-5-16-30-51)58-42-56-50(40-55(58)47-26-13-4-14-27-47)38-49(45-24-11-3-12-25-45)41-57(56)60(52-31-17-6-18-32-52)54-33-19-28-48(39-54)44-22-9-2-10-23-44/h1-42H/i5D,6D,15D,16D,17D,18D,29D,30D,31D,32D. The highest BCUT2D eigenvalue weighted by atomic mass is 15.2. The zero-order valence-corrected chi connectivity index (χ0v) is 32.4. The summed E-state index contributed by atoms with van der Waals surface area (Å²) in [6, 6.07) is 57.6. The van der Waals surface area contributed by atoms with Crippen molar-refractivity contribution >= 4 is 44.9 Å². The highest BCUT2D eigenvalue weighted by Crippen LogP contribution is 2.48. The number of hydrogen-bond acceptors (Lipinski definition) is 2. The lowest BCUT2D eigenvalue weighted by molar-refractivity contribution is 1.28. The minimum atomic E-state index is -0.526. The summed E-state index contributed by atoms with van der Waals surface area (Å²) in [7, 11) is 0. The van der Waals surface area contributed by atoms with Gasteiger partial charge in [-0.1, -0.05) is 182 Å². The van der Waals surface area contributed by atoms with Gasteiger partial charge >= 0.3 is 0 Å². The summed E-state index contributed by atoms with van der Waals surface area (Å²) in [5.74, 6) is 0. The van der Waals surface area contributed by atoms with Gasteiger partial charge in [0.05, 0.1) is 25.1 Å². The smallest absolute Gasteiger partial charge is 0.0645 e. The zero-order valence-electron chi connectivity index (χ0n) is 42.4. The van der Waals surface area contributed by atoms with Crippen molar-refractivity contribution in [1.82, 2.24) is 0 Å². The lowest BCUT2D eigenvalue weighted by atomic mass is 9.93. The Morgan fingerprint density at radius 3 is 1.32 bits per heavy atom. The Hall–Kier alpha value is -7.94. The second-order valence-corrected chi connectivity index (χ2v) is 14.3. The largest absolute Gasteiger partial charge is 0.310 e. The first kappa shape index (κ1) is 26.9. The van der Waals surface area contributed by atoms with Gasteiger partial charge in [-0.15, -0.1) is 0 Å². The van der Waals surface area contributed by atoms with Crippen molar-refractivity contribution in [2.75, 3.05) is 9.80 Å². The molecular weight excluding hydrogens is 725 g/mol. The fraction of sp³-hybridized carbons (Fsp3) is 0. The van der Waals surface area contributed by atoms with Gasteiger partial charge in [0, 0.05) is 33.7 Å². The van der Waals surface area contributed by atoms with Crippen LogP contribution in [0.5, 0.6) is 0 Å². The zero-order chi connectivity index (χ0) is 48.8. The third kappa shape index (κ3) is 7.35. The van der Waals surface area contributed by atoms with Crippen LogP contribution in [-0.2, 0) is 0 Å². The second-order valence-electron chi connectivity index (χ2n) is 14.3. The molecule has 0 fully saturated rings. The van der Waals surface area contributed by atoms with Crippen LogP contribution >= 0.6 is 0 Å². The molecule has 0 aliphatic carbocycles. The van der Waals surface area contributed by atoms with Crippen LogP contribution in [0.25, 0.3) is 55.3 Å². The summed E-state index contributed by atoms with van der Waals surface area (Å²) >= 11 is 0. The quantitative estimate of drug-likeness (QED) is 0.136. The van der Waals surface area contributed by atoms with E-state index in [0.29, 0.717) is 33.7 Å². The van der Waals surface area contributed by atoms with Crippen molar-refractivity contribution in [2.24, 2.45) is 0 Å². The van der Waals surface area contributed by atoms with E-state index >= 15 is 0 Å². The molecule has 0 aromatic heterocycles. The highest BCUT2D eigenvalue weighted by molar-refractivity contribution is 6.07. The molecule has 10 aromatic rings. The lowest BCUT2D eigenvalue weighted by Gasteiger charge is -2.31. The van der Waals surface area contributed by atoms with Crippen LogP contribution in [0.4, 0.5) is 34.1 Å². The summed E-state index contributed by atoms with van der Waals surface area (Å²) in [5.41, 5.74) is 8.52. The maximum absolute atomic E-state index is 9.46. The molecule has 10 rings (SSSR count). The molecule has 0 saturated carbocycles. The SMILES string of the molecule is [2H]c1c([2H])c([2H])c(N(c2ccc(-c3ccccc3)cc2)c2cc3c(N(c4cccc(-c5ccccc5)c4)c4c([2H])c([2H])c([2H])c([2H])c4[2H])cc(-c4ccccc4)cc3cc2-c2ccccc2)c([2H])c1[2H]. The van der Waals surface area contributed by atoms with Crippen LogP contribution in [0.2, 0.25) is 0 Å². The Balaban J connectivity index is 1.36. The Morgan fingerprint density at radius 1 is 0.283 bits per heavy atom. The van der Waals surface area contributed by atoms with Crippen molar-refractivity contribution in [2.45, 2.75) is 0 Å². The molecule has 60 heavy (non-hydrogen) atoms. The minimum absolute atomic E-state index is 0.0736. The molecule has 0 aliphatic heterocycles. The van der Waals surface area contributed by atoms with E-state index in [2.05, 4.69) is 6.07 Å². The molecule has 0 aliphatic rings. The van der Waals surface area contributed by atoms with Crippen LogP contribution in [0.3, 0.4) is 0 Å². The molecule has 0 saturated heterocycles. The molecule has 0 radical (unpaired) electrons. The molecular formula is C58H42N2. The first-order valence-electron chi connectivity index (χ1n) is 24.7. The van der Waals surface area contributed by atoms with Gasteiger partial charge in [0.25, 0.3) is 0 Å². The van der Waals surface area contributed by atoms with Gasteiger partial charge in [-0.05, 0) is 117 Å². The normalized spacial score (nSPS) is 13.3. The van der Waals surface area contributed by atoms with E-state index in [-0.39, 0.29) is 11.4 Å². The van der Waals surface area contributed by atoms with Crippen LogP contribution in [0, 0.1) is 0 Å². The first-order valence-corrected chi connectivity index (χ1v) is 19.7. The summed E-state index contributed by atoms with van der Waals surface area (Å²) < 4.78 is 90.5. The molecule has 0 heterocycles. The Morgan fingerprint density at radius 2 is 0.750 bits per heavy atom. The van der Waals surface area contributed by atoms with E-state index < -0.39 is 60.4 Å². The van der Waals surface area contributed by atoms with Gasteiger partial charge in [0.2, 0.25) is 0 Å². The fourth-order valence-electron chi connectivity index (χ4n) is 7.77. The molecule has 0 atom stereocenters. The highest BCUT2D eigenvalue weighted by Gasteiger charge is 2.23. The van der Waals surface area contributed by atoms with E-state index in [9.17, 15) is 5.48 Å². The molecule has 284 valence electrons. The Kier molecular flexibility index (Phi) is 7.39. The van der Waals surface area contributed by atoms with E-state index in [1.807, 2.05) is 188 Å². The average Bonchev–Trinajstić information content (AvgIpc) is 3.41. The lowest BCUT2D eigenvalue weighted by Crippen LogP contribution is -2.13. The molecule has 0 bridgehead atoms. The fourth-order valence-corrected chi connectivity index (χ4v) is 7.77. The summed E-state index contributed by atoms with van der Waals surface area (Å²) in [6.45, 7) is 0. The second kappa shape index (κ2) is 16.5. The molecule has 0 unspecified atom stereocenters. The number of rotatable bonds is 10. The number of fused-ring (bicyclic) bond motifs is 1. The topological polar surface area (TPSA) is 6.48 Å². The van der Waals surface area contributed by atoms with Crippen LogP contribution in [-0.4, -0.2) is 0 Å². The third-order valence-corrected chi connectivity index (χ3v) is 10.6. The van der Waals surface area contributed by atoms with Crippen LogP contribution < -0.4 is 9.80 Å².